The van der Waals surface area contributed by atoms with Crippen molar-refractivity contribution in [1.82, 2.24) is 10.2 Å². The molecule has 0 unspecified atom stereocenters. The number of nitrogens with one attached hydrogen (secondary N) is 1. The van der Waals surface area contributed by atoms with Gasteiger partial charge in [0.1, 0.15) is 0 Å². The van der Waals surface area contributed by atoms with Crippen LogP contribution in [-0.4, -0.2) is 29.9 Å². The van der Waals surface area contributed by atoms with E-state index in [1.807, 2.05) is 4.90 Å². The average molecular weight is 331 g/mol. The lowest BCUT2D eigenvalue weighted by molar-refractivity contribution is -0.130. The number of hydrogen-bond acceptors (Lipinski definition) is 3. The maximum atomic E-state index is 11.3. The van der Waals surface area contributed by atoms with Gasteiger partial charge in [0, 0.05) is 32.6 Å². The summed E-state index contributed by atoms with van der Waals surface area (Å²) in [5, 5.41) is 5.78. The Morgan fingerprint density at radius 2 is 2.44 bits per heavy atom. The van der Waals surface area contributed by atoms with Crippen molar-refractivity contribution >= 4 is 33.2 Å². The van der Waals surface area contributed by atoms with E-state index in [-0.39, 0.29) is 5.91 Å². The molecule has 3 nitrogen and oxygen atoms in total. The first-order valence-corrected chi connectivity index (χ1v) is 7.95. The van der Waals surface area contributed by atoms with Crippen molar-refractivity contribution in [3.8, 4) is 0 Å². The topological polar surface area (TPSA) is 32.3 Å². The lowest BCUT2D eigenvalue weighted by Gasteiger charge is -2.37. The molecular weight excluding hydrogens is 312 g/mol. The zero-order valence-electron chi connectivity index (χ0n) is 10.8. The number of thiophene rings is 1. The Kier molecular flexibility index (Phi) is 4.81. The van der Waals surface area contributed by atoms with Crippen LogP contribution in [0, 0.1) is 5.92 Å². The zero-order valence-corrected chi connectivity index (χ0v) is 13.2. The van der Waals surface area contributed by atoms with Crippen LogP contribution in [0.3, 0.4) is 0 Å². The summed E-state index contributed by atoms with van der Waals surface area (Å²) in [6.45, 7) is 6.54. The minimum atomic E-state index is 0.196. The first kappa shape index (κ1) is 14.0. The molecule has 1 fully saturated rings. The monoisotopic (exact) mass is 330 g/mol. The van der Waals surface area contributed by atoms with Crippen molar-refractivity contribution in [1.29, 1.82) is 0 Å². The molecule has 1 aliphatic rings. The van der Waals surface area contributed by atoms with Crippen molar-refractivity contribution < 1.29 is 4.79 Å². The predicted octanol–water partition coefficient (Wildman–Crippen LogP) is 2.86. The van der Waals surface area contributed by atoms with Gasteiger partial charge >= 0.3 is 0 Å². The summed E-state index contributed by atoms with van der Waals surface area (Å²) >= 11 is 5.20. The Hall–Kier alpha value is -0.390. The number of rotatable bonds is 3. The Morgan fingerprint density at radius 1 is 1.67 bits per heavy atom. The van der Waals surface area contributed by atoms with E-state index in [9.17, 15) is 4.79 Å². The number of nitrogens with zero attached hydrogens (tertiary/aromatic N) is 1. The molecule has 1 aromatic rings. The van der Waals surface area contributed by atoms with E-state index < -0.39 is 0 Å². The molecule has 1 amide bonds. The molecule has 100 valence electrons. The normalized spacial score (nSPS) is 24.3. The predicted molar refractivity (Wildman–Crippen MR) is 78.7 cm³/mol. The summed E-state index contributed by atoms with van der Waals surface area (Å²) in [6, 6.07) is 2.67. The lowest BCUT2D eigenvalue weighted by Crippen LogP contribution is -2.49. The maximum absolute atomic E-state index is 11.3. The van der Waals surface area contributed by atoms with Crippen molar-refractivity contribution in [3.63, 3.8) is 0 Å². The molecule has 0 bridgehead atoms. The minimum Gasteiger partial charge on any atom is -0.343 e. The van der Waals surface area contributed by atoms with Gasteiger partial charge in [-0.2, -0.15) is 0 Å². The first-order chi connectivity index (χ1) is 8.56. The summed E-state index contributed by atoms with van der Waals surface area (Å²) in [5.74, 6) is 0.715. The van der Waals surface area contributed by atoms with Crippen molar-refractivity contribution in [2.24, 2.45) is 5.92 Å². The van der Waals surface area contributed by atoms with Crippen LogP contribution in [0.2, 0.25) is 0 Å². The number of halogens is 1. The average Bonchev–Trinajstić information content (AvgIpc) is 2.73. The lowest BCUT2D eigenvalue weighted by atomic mass is 9.93. The molecule has 0 saturated carbocycles. The zero-order chi connectivity index (χ0) is 13.1. The highest BCUT2D eigenvalue weighted by Gasteiger charge is 2.26. The largest absolute Gasteiger partial charge is 0.343 e. The van der Waals surface area contributed by atoms with Crippen LogP contribution in [-0.2, 0) is 11.3 Å². The maximum Gasteiger partial charge on any atom is 0.219 e. The summed E-state index contributed by atoms with van der Waals surface area (Å²) in [4.78, 5) is 13.3. The van der Waals surface area contributed by atoms with Crippen LogP contribution < -0.4 is 5.32 Å². The fraction of sp³-hybridized carbons (Fsp3) is 0.615. The third-order valence-corrected chi connectivity index (χ3v) is 5.09. The van der Waals surface area contributed by atoms with Gasteiger partial charge in [0.25, 0.3) is 0 Å². The highest BCUT2D eigenvalue weighted by Crippen LogP contribution is 2.22. The molecule has 1 N–H and O–H groups in total. The SMILES string of the molecule is CC(=O)N1CC[C@@H](NCc2csc(Br)c2)[C@@H](C)C1. The van der Waals surface area contributed by atoms with Gasteiger partial charge in [-0.1, -0.05) is 6.92 Å². The fourth-order valence-electron chi connectivity index (χ4n) is 2.42. The van der Waals surface area contributed by atoms with Crippen LogP contribution in [0.5, 0.6) is 0 Å². The van der Waals surface area contributed by atoms with Crippen LogP contribution >= 0.6 is 27.3 Å². The molecule has 0 aliphatic carbocycles. The quantitative estimate of drug-likeness (QED) is 0.924. The molecule has 18 heavy (non-hydrogen) atoms. The molecular formula is C13H19BrN2OS. The van der Waals surface area contributed by atoms with Gasteiger partial charge in [-0.15, -0.1) is 11.3 Å². The van der Waals surface area contributed by atoms with Gasteiger partial charge in [0.2, 0.25) is 5.91 Å². The van der Waals surface area contributed by atoms with Crippen molar-refractivity contribution in [2.45, 2.75) is 32.9 Å². The number of piperidine rings is 1. The van der Waals surface area contributed by atoms with Crippen LogP contribution in [0.4, 0.5) is 0 Å². The van der Waals surface area contributed by atoms with E-state index in [2.05, 4.69) is 39.6 Å². The van der Waals surface area contributed by atoms with Gasteiger partial charge in [0.15, 0.2) is 0 Å². The Labute approximate surface area is 121 Å². The van der Waals surface area contributed by atoms with E-state index >= 15 is 0 Å². The molecule has 1 aromatic heterocycles. The molecule has 2 atom stereocenters. The highest BCUT2D eigenvalue weighted by atomic mass is 79.9. The summed E-state index contributed by atoms with van der Waals surface area (Å²) in [6.07, 6.45) is 1.05. The third kappa shape index (κ3) is 3.56. The Balaban J connectivity index is 1.82. The van der Waals surface area contributed by atoms with E-state index in [1.165, 1.54) is 9.35 Å². The Bertz CT molecular complexity index is 421. The van der Waals surface area contributed by atoms with Crippen LogP contribution in [0.1, 0.15) is 25.8 Å². The molecule has 0 aromatic carbocycles. The molecule has 1 aliphatic heterocycles. The van der Waals surface area contributed by atoms with E-state index in [1.54, 1.807) is 18.3 Å². The second-order valence-electron chi connectivity index (χ2n) is 4.98. The minimum absolute atomic E-state index is 0.196. The number of carbonyl (C=O) groups excluding carboxylic acids is 1. The second-order valence-corrected chi connectivity index (χ2v) is 7.27. The number of hydrogen-bond donors (Lipinski definition) is 1. The molecule has 2 rings (SSSR count). The summed E-state index contributed by atoms with van der Waals surface area (Å²) < 4.78 is 1.18. The summed E-state index contributed by atoms with van der Waals surface area (Å²) in [7, 11) is 0. The van der Waals surface area contributed by atoms with Gasteiger partial charge in [-0.05, 0) is 45.3 Å². The van der Waals surface area contributed by atoms with Gasteiger partial charge < -0.3 is 10.2 Å². The molecule has 5 heteroatoms. The van der Waals surface area contributed by atoms with Crippen LogP contribution in [0.15, 0.2) is 15.2 Å². The van der Waals surface area contributed by atoms with Crippen LogP contribution in [0.25, 0.3) is 0 Å². The molecule has 0 radical (unpaired) electrons. The Morgan fingerprint density at radius 3 is 3.00 bits per heavy atom. The van der Waals surface area contributed by atoms with Gasteiger partial charge in [0.05, 0.1) is 3.79 Å². The highest BCUT2D eigenvalue weighted by molar-refractivity contribution is 9.11. The van der Waals surface area contributed by atoms with E-state index in [0.717, 1.165) is 26.1 Å². The number of amides is 1. The number of carbonyl (C=O) groups is 1. The second kappa shape index (κ2) is 6.17. The van der Waals surface area contributed by atoms with Gasteiger partial charge in [-0.3, -0.25) is 4.79 Å². The van der Waals surface area contributed by atoms with Gasteiger partial charge in [-0.25, -0.2) is 0 Å². The van der Waals surface area contributed by atoms with E-state index in [0.29, 0.717) is 12.0 Å². The smallest absolute Gasteiger partial charge is 0.219 e. The molecule has 2 heterocycles. The standard InChI is InChI=1S/C13H19BrN2OS/c1-9-7-16(10(2)17)4-3-12(9)15-6-11-5-13(14)18-8-11/h5,8-9,12,15H,3-4,6-7H2,1-2H3/t9-,12+/m0/s1. The molecule has 1 saturated heterocycles. The van der Waals surface area contributed by atoms with Crippen molar-refractivity contribution in [2.75, 3.05) is 13.1 Å². The third-order valence-electron chi connectivity index (χ3n) is 3.54. The fourth-order valence-corrected chi connectivity index (χ4v) is 3.63. The van der Waals surface area contributed by atoms with E-state index in [4.69, 9.17) is 0 Å². The summed E-state index contributed by atoms with van der Waals surface area (Å²) in [5.41, 5.74) is 1.33. The first-order valence-electron chi connectivity index (χ1n) is 6.28. The molecule has 0 spiro atoms. The number of likely N-dealkylation sites (tertiary alicyclic amines) is 1. The van der Waals surface area contributed by atoms with Crippen molar-refractivity contribution in [3.05, 3.63) is 20.8 Å².